The van der Waals surface area contributed by atoms with E-state index >= 15 is 0 Å². The molecule has 4 rings (SSSR count). The van der Waals surface area contributed by atoms with Gasteiger partial charge in [0, 0.05) is 22.4 Å². The molecule has 0 radical (unpaired) electrons. The smallest absolute Gasteiger partial charge is 0.236 e. The van der Waals surface area contributed by atoms with E-state index in [-0.39, 0.29) is 30.3 Å². The van der Waals surface area contributed by atoms with E-state index in [0.717, 1.165) is 16.5 Å². The largest absolute Gasteiger partial charge is 0.491 e. The molecule has 0 aliphatic heterocycles. The molecule has 4 N–H and O–H groups in total. The highest BCUT2D eigenvalue weighted by Gasteiger charge is 2.21. The van der Waals surface area contributed by atoms with Crippen molar-refractivity contribution in [1.29, 1.82) is 5.26 Å². The number of nitrogens with two attached hydrogens (primary N) is 1. The fourth-order valence-electron chi connectivity index (χ4n) is 3.27. The van der Waals surface area contributed by atoms with Crippen molar-refractivity contribution in [3.63, 3.8) is 0 Å². The van der Waals surface area contributed by atoms with E-state index in [1.165, 1.54) is 23.1 Å². The molecule has 35 heavy (non-hydrogen) atoms. The van der Waals surface area contributed by atoms with Gasteiger partial charge in [-0.25, -0.2) is 14.8 Å². The second-order valence-electron chi connectivity index (χ2n) is 7.14. The second kappa shape index (κ2) is 11.4. The molecule has 0 saturated carbocycles. The second-order valence-corrected chi connectivity index (χ2v) is 8.97. The lowest BCUT2D eigenvalue weighted by atomic mass is 10.00. The monoisotopic (exact) mass is 500 g/mol. The Balaban J connectivity index is 1.59. The number of nitriles is 1. The summed E-state index contributed by atoms with van der Waals surface area (Å²) in [4.78, 5) is 12.5. The van der Waals surface area contributed by atoms with Crippen molar-refractivity contribution < 1.29 is 9.84 Å². The zero-order valence-electron chi connectivity index (χ0n) is 18.4. The molecule has 0 fully saturated rings. The Bertz CT molecular complexity index is 1390. The van der Waals surface area contributed by atoms with Crippen LogP contribution in [0.15, 0.2) is 65.0 Å². The Morgan fingerprint density at radius 3 is 2.63 bits per heavy atom. The lowest BCUT2D eigenvalue weighted by molar-refractivity contribution is 0.201. The van der Waals surface area contributed by atoms with Gasteiger partial charge in [0.15, 0.2) is 5.13 Å². The Kier molecular flexibility index (Phi) is 7.81. The first-order valence-electron chi connectivity index (χ1n) is 10.5. The van der Waals surface area contributed by atoms with Crippen LogP contribution < -0.4 is 15.8 Å². The van der Waals surface area contributed by atoms with Gasteiger partial charge in [0.2, 0.25) is 5.69 Å². The van der Waals surface area contributed by atoms with Crippen LogP contribution in [-0.2, 0) is 5.75 Å². The average Bonchev–Trinajstić information content (AvgIpc) is 3.33. The van der Waals surface area contributed by atoms with Gasteiger partial charge in [-0.1, -0.05) is 42.1 Å². The first-order chi connectivity index (χ1) is 17.1. The molecule has 0 amide bonds. The molecular formula is C25H20N6O2S2. The summed E-state index contributed by atoms with van der Waals surface area (Å²) in [6.45, 7) is 7.69. The summed E-state index contributed by atoms with van der Waals surface area (Å²) < 4.78 is 5.41. The van der Waals surface area contributed by atoms with Crippen LogP contribution in [-0.4, -0.2) is 28.3 Å². The Labute approximate surface area is 210 Å². The number of thioether (sulfide) groups is 1. The zero-order valence-corrected chi connectivity index (χ0v) is 20.1. The third kappa shape index (κ3) is 5.70. The number of nitrogens with one attached hydrogen (secondary N) is 1. The number of pyridine rings is 1. The summed E-state index contributed by atoms with van der Waals surface area (Å²) in [5.41, 5.74) is 9.44. The van der Waals surface area contributed by atoms with Gasteiger partial charge < -0.3 is 20.9 Å². The van der Waals surface area contributed by atoms with Crippen molar-refractivity contribution in [2.45, 2.75) is 10.8 Å². The number of aromatic nitrogens is 2. The highest BCUT2D eigenvalue weighted by molar-refractivity contribution is 7.98. The number of aliphatic hydroxyl groups excluding tert-OH is 1. The molecule has 0 atom stereocenters. The Morgan fingerprint density at radius 2 is 1.94 bits per heavy atom. The first-order valence-corrected chi connectivity index (χ1v) is 12.3. The van der Waals surface area contributed by atoms with Crippen LogP contribution in [0.25, 0.3) is 16.0 Å². The maximum Gasteiger partial charge on any atom is 0.236 e. The summed E-state index contributed by atoms with van der Waals surface area (Å²) in [5.74, 6) is 1.13. The highest BCUT2D eigenvalue weighted by atomic mass is 32.2. The lowest BCUT2D eigenvalue weighted by Gasteiger charge is -2.13. The fraction of sp³-hybridized carbons (Fsp3) is 0.120. The SMILES string of the molecule is [C-]#[N+]c1c(N)nc(SCc2csc(Nc3ccccc3)n2)c(C#N)c1-c1ccc(OCCO)cc1. The molecule has 0 aliphatic rings. The van der Waals surface area contributed by atoms with Gasteiger partial charge in [-0.3, -0.25) is 0 Å². The van der Waals surface area contributed by atoms with Gasteiger partial charge in [-0.15, -0.1) is 11.3 Å². The number of benzene rings is 2. The average molecular weight is 501 g/mol. The van der Waals surface area contributed by atoms with E-state index < -0.39 is 0 Å². The van der Waals surface area contributed by atoms with Crippen molar-refractivity contribution in [1.82, 2.24) is 9.97 Å². The minimum absolute atomic E-state index is 0.0711. The lowest BCUT2D eigenvalue weighted by Crippen LogP contribution is -2.02. The van der Waals surface area contributed by atoms with Gasteiger partial charge in [-0.2, -0.15) is 5.26 Å². The van der Waals surface area contributed by atoms with E-state index in [1.54, 1.807) is 24.3 Å². The predicted octanol–water partition coefficient (Wildman–Crippen LogP) is 5.62. The molecular weight excluding hydrogens is 480 g/mol. The third-order valence-corrected chi connectivity index (χ3v) is 6.64. The van der Waals surface area contributed by atoms with Crippen LogP contribution >= 0.6 is 23.1 Å². The number of para-hydroxylation sites is 1. The molecule has 10 heteroatoms. The quantitative estimate of drug-likeness (QED) is 0.200. The maximum absolute atomic E-state index is 9.98. The molecule has 0 bridgehead atoms. The van der Waals surface area contributed by atoms with Gasteiger partial charge >= 0.3 is 0 Å². The fourth-order valence-corrected chi connectivity index (χ4v) is 5.00. The number of nitrogens with zero attached hydrogens (tertiary/aromatic N) is 4. The van der Waals surface area contributed by atoms with Gasteiger partial charge in [0.25, 0.3) is 0 Å². The summed E-state index contributed by atoms with van der Waals surface area (Å²) in [6, 6.07) is 19.0. The molecule has 0 spiro atoms. The number of anilines is 3. The van der Waals surface area contributed by atoms with Gasteiger partial charge in [0.05, 0.1) is 24.4 Å². The number of nitrogen functional groups attached to an aromatic ring is 1. The summed E-state index contributed by atoms with van der Waals surface area (Å²) in [5, 5.41) is 25.4. The number of aliphatic hydroxyl groups is 1. The van der Waals surface area contributed by atoms with Crippen molar-refractivity contribution in [2.24, 2.45) is 0 Å². The predicted molar refractivity (Wildman–Crippen MR) is 139 cm³/mol. The van der Waals surface area contributed by atoms with Crippen LogP contribution in [0.4, 0.5) is 22.3 Å². The standard InChI is InChI=1S/C25H20N6O2S2/c1-28-22-21(16-7-9-19(10-8-16)33-12-11-32)20(13-26)24(31-23(22)27)34-14-18-15-35-25(30-18)29-17-5-3-2-4-6-17/h2-10,15,32H,11-12,14H2,(H2,27,31)(H,29,30). The van der Waals surface area contributed by atoms with Crippen LogP contribution in [0.3, 0.4) is 0 Å². The van der Waals surface area contributed by atoms with Crippen molar-refractivity contribution in [2.75, 3.05) is 24.3 Å². The van der Waals surface area contributed by atoms with Crippen molar-refractivity contribution in [3.05, 3.63) is 82.7 Å². The van der Waals surface area contributed by atoms with Crippen molar-refractivity contribution >= 4 is 45.4 Å². The maximum atomic E-state index is 9.98. The van der Waals surface area contributed by atoms with Crippen LogP contribution in [0, 0.1) is 17.9 Å². The Morgan fingerprint density at radius 1 is 1.17 bits per heavy atom. The van der Waals surface area contributed by atoms with E-state index in [9.17, 15) is 5.26 Å². The summed E-state index contributed by atoms with van der Waals surface area (Å²) in [7, 11) is 0. The molecule has 4 aromatic rings. The zero-order chi connectivity index (χ0) is 24.6. The van der Waals surface area contributed by atoms with Gasteiger partial charge in [0.1, 0.15) is 29.3 Å². The number of hydrogen-bond acceptors (Lipinski definition) is 9. The minimum atomic E-state index is -0.0908. The molecule has 2 heterocycles. The molecule has 8 nitrogen and oxygen atoms in total. The highest BCUT2D eigenvalue weighted by Crippen LogP contribution is 2.42. The molecule has 0 unspecified atom stereocenters. The van der Waals surface area contributed by atoms with E-state index in [0.29, 0.717) is 27.7 Å². The first kappa shape index (κ1) is 24.0. The molecule has 174 valence electrons. The number of rotatable bonds is 9. The number of hydrogen-bond donors (Lipinski definition) is 3. The van der Waals surface area contributed by atoms with Crippen LogP contribution in [0.2, 0.25) is 0 Å². The number of ether oxygens (including phenoxy) is 1. The summed E-state index contributed by atoms with van der Waals surface area (Å²) >= 11 is 2.84. The Hall–Kier alpha value is -4.09. The molecule has 0 saturated heterocycles. The van der Waals surface area contributed by atoms with E-state index in [2.05, 4.69) is 26.2 Å². The minimum Gasteiger partial charge on any atom is -0.491 e. The summed E-state index contributed by atoms with van der Waals surface area (Å²) in [6.07, 6.45) is 0. The molecule has 0 aliphatic carbocycles. The van der Waals surface area contributed by atoms with E-state index in [1.807, 2.05) is 35.7 Å². The van der Waals surface area contributed by atoms with Gasteiger partial charge in [-0.05, 0) is 29.8 Å². The van der Waals surface area contributed by atoms with Crippen LogP contribution in [0.5, 0.6) is 5.75 Å². The van der Waals surface area contributed by atoms with Crippen molar-refractivity contribution in [3.8, 4) is 22.9 Å². The van der Waals surface area contributed by atoms with Crippen LogP contribution in [0.1, 0.15) is 11.3 Å². The third-order valence-electron chi connectivity index (χ3n) is 4.83. The normalized spacial score (nSPS) is 10.4. The van der Waals surface area contributed by atoms with E-state index in [4.69, 9.17) is 22.1 Å². The molecule has 2 aromatic heterocycles. The number of thiazole rings is 1. The topological polar surface area (TPSA) is 121 Å². The molecule has 2 aromatic carbocycles.